The lowest BCUT2D eigenvalue weighted by Gasteiger charge is -2.06. The Bertz CT molecular complexity index is 287. The van der Waals surface area contributed by atoms with Crippen LogP contribution in [0.1, 0.15) is 23.8 Å². The standard InChI is InChI=1S/C7H11F2N3O/c1-12-3-4(5(13)2-10)6(11-12)7(8)9/h3,5,7,13H,2,10H2,1H3. The Hall–Kier alpha value is -1.01. The molecule has 4 nitrogen and oxygen atoms in total. The number of nitrogens with zero attached hydrogens (tertiary/aromatic N) is 2. The molecule has 0 amide bonds. The second kappa shape index (κ2) is 3.80. The Morgan fingerprint density at radius 1 is 1.69 bits per heavy atom. The van der Waals surface area contributed by atoms with Gasteiger partial charge in [0.25, 0.3) is 6.43 Å². The number of rotatable bonds is 3. The molecule has 0 aliphatic rings. The molecule has 1 aromatic heterocycles. The van der Waals surface area contributed by atoms with Crippen LogP contribution in [-0.4, -0.2) is 21.4 Å². The van der Waals surface area contributed by atoms with Crippen LogP contribution in [0.4, 0.5) is 8.78 Å². The van der Waals surface area contributed by atoms with Gasteiger partial charge in [0.1, 0.15) is 5.69 Å². The largest absolute Gasteiger partial charge is 0.387 e. The van der Waals surface area contributed by atoms with Gasteiger partial charge in [0, 0.05) is 25.4 Å². The summed E-state index contributed by atoms with van der Waals surface area (Å²) in [5, 5.41) is 12.8. The topological polar surface area (TPSA) is 64.1 Å². The van der Waals surface area contributed by atoms with E-state index in [4.69, 9.17) is 5.73 Å². The maximum atomic E-state index is 12.3. The van der Waals surface area contributed by atoms with Crippen molar-refractivity contribution in [1.29, 1.82) is 0 Å². The summed E-state index contributed by atoms with van der Waals surface area (Å²) >= 11 is 0. The first-order valence-electron chi connectivity index (χ1n) is 3.76. The van der Waals surface area contributed by atoms with Crippen LogP contribution in [0.2, 0.25) is 0 Å². The van der Waals surface area contributed by atoms with Crippen molar-refractivity contribution in [2.45, 2.75) is 12.5 Å². The van der Waals surface area contributed by atoms with Crippen LogP contribution in [0.25, 0.3) is 0 Å². The fourth-order valence-corrected chi connectivity index (χ4v) is 1.08. The number of aromatic nitrogens is 2. The van der Waals surface area contributed by atoms with E-state index in [1.54, 1.807) is 0 Å². The van der Waals surface area contributed by atoms with Crippen molar-refractivity contribution in [3.05, 3.63) is 17.5 Å². The number of alkyl halides is 2. The molecule has 0 fully saturated rings. The molecule has 74 valence electrons. The van der Waals surface area contributed by atoms with Gasteiger partial charge in [0.15, 0.2) is 0 Å². The van der Waals surface area contributed by atoms with E-state index in [1.807, 2.05) is 0 Å². The van der Waals surface area contributed by atoms with Crippen LogP contribution in [-0.2, 0) is 7.05 Å². The van der Waals surface area contributed by atoms with Gasteiger partial charge in [-0.1, -0.05) is 0 Å². The normalized spacial score (nSPS) is 13.7. The highest BCUT2D eigenvalue weighted by molar-refractivity contribution is 5.21. The third kappa shape index (κ3) is 2.02. The van der Waals surface area contributed by atoms with Crippen LogP contribution in [0, 0.1) is 0 Å². The lowest BCUT2D eigenvalue weighted by atomic mass is 10.1. The SMILES string of the molecule is Cn1cc(C(O)CN)c(C(F)F)n1. The lowest BCUT2D eigenvalue weighted by Crippen LogP contribution is -2.12. The molecule has 0 aromatic carbocycles. The van der Waals surface area contributed by atoms with Crippen molar-refractivity contribution in [3.8, 4) is 0 Å². The zero-order chi connectivity index (χ0) is 10.0. The van der Waals surface area contributed by atoms with E-state index in [9.17, 15) is 13.9 Å². The van der Waals surface area contributed by atoms with Crippen LogP contribution in [0.5, 0.6) is 0 Å². The van der Waals surface area contributed by atoms with Crippen LogP contribution in [0.15, 0.2) is 6.20 Å². The van der Waals surface area contributed by atoms with Crippen molar-refractivity contribution in [1.82, 2.24) is 9.78 Å². The summed E-state index contributed by atoms with van der Waals surface area (Å²) in [5.74, 6) is 0. The van der Waals surface area contributed by atoms with Crippen LogP contribution >= 0.6 is 0 Å². The molecule has 6 heteroatoms. The van der Waals surface area contributed by atoms with E-state index in [2.05, 4.69) is 5.10 Å². The maximum Gasteiger partial charge on any atom is 0.282 e. The maximum absolute atomic E-state index is 12.3. The molecule has 3 N–H and O–H groups in total. The number of aliphatic hydroxyl groups is 1. The van der Waals surface area contributed by atoms with Crippen molar-refractivity contribution in [2.24, 2.45) is 12.8 Å². The first kappa shape index (κ1) is 10.1. The molecule has 0 saturated heterocycles. The molecular weight excluding hydrogens is 180 g/mol. The molecule has 0 bridgehead atoms. The number of halogens is 2. The molecule has 1 rings (SSSR count). The van der Waals surface area contributed by atoms with Gasteiger partial charge in [-0.25, -0.2) is 8.78 Å². The van der Waals surface area contributed by atoms with E-state index in [0.29, 0.717) is 0 Å². The summed E-state index contributed by atoms with van der Waals surface area (Å²) in [5.41, 5.74) is 4.85. The Morgan fingerprint density at radius 3 is 2.77 bits per heavy atom. The molecule has 0 aliphatic heterocycles. The molecular formula is C7H11F2N3O. The first-order chi connectivity index (χ1) is 6.06. The monoisotopic (exact) mass is 191 g/mol. The van der Waals surface area contributed by atoms with E-state index in [1.165, 1.54) is 17.9 Å². The Morgan fingerprint density at radius 2 is 2.31 bits per heavy atom. The fraction of sp³-hybridized carbons (Fsp3) is 0.571. The van der Waals surface area contributed by atoms with Crippen LogP contribution < -0.4 is 5.73 Å². The van der Waals surface area contributed by atoms with Crippen molar-refractivity contribution >= 4 is 0 Å². The van der Waals surface area contributed by atoms with Gasteiger partial charge in [0.2, 0.25) is 0 Å². The van der Waals surface area contributed by atoms with Gasteiger partial charge in [0.05, 0.1) is 6.10 Å². The zero-order valence-corrected chi connectivity index (χ0v) is 7.11. The highest BCUT2D eigenvalue weighted by Gasteiger charge is 2.21. The predicted octanol–water partition coefficient (Wildman–Crippen LogP) is 0.350. The first-order valence-corrected chi connectivity index (χ1v) is 3.76. The lowest BCUT2D eigenvalue weighted by molar-refractivity contribution is 0.133. The van der Waals surface area contributed by atoms with E-state index in [-0.39, 0.29) is 12.1 Å². The van der Waals surface area contributed by atoms with Gasteiger partial charge in [-0.05, 0) is 0 Å². The Kier molecular flexibility index (Phi) is 2.94. The summed E-state index contributed by atoms with van der Waals surface area (Å²) in [6, 6.07) is 0. The summed E-state index contributed by atoms with van der Waals surface area (Å²) < 4.78 is 25.9. The third-order valence-electron chi connectivity index (χ3n) is 1.68. The highest BCUT2D eigenvalue weighted by atomic mass is 19.3. The van der Waals surface area contributed by atoms with Crippen molar-refractivity contribution in [2.75, 3.05) is 6.54 Å². The smallest absolute Gasteiger partial charge is 0.282 e. The van der Waals surface area contributed by atoms with Gasteiger partial charge in [-0.2, -0.15) is 5.10 Å². The van der Waals surface area contributed by atoms with E-state index >= 15 is 0 Å². The fourth-order valence-electron chi connectivity index (χ4n) is 1.08. The number of hydrogen-bond donors (Lipinski definition) is 2. The summed E-state index contributed by atoms with van der Waals surface area (Å²) in [6.45, 7) is -0.0919. The average Bonchev–Trinajstić information content (AvgIpc) is 2.46. The van der Waals surface area contributed by atoms with Gasteiger partial charge >= 0.3 is 0 Å². The summed E-state index contributed by atoms with van der Waals surface area (Å²) in [7, 11) is 1.51. The van der Waals surface area contributed by atoms with E-state index in [0.717, 1.165) is 0 Å². The number of hydrogen-bond acceptors (Lipinski definition) is 3. The molecule has 13 heavy (non-hydrogen) atoms. The molecule has 0 spiro atoms. The molecule has 0 radical (unpaired) electrons. The molecule has 1 atom stereocenters. The van der Waals surface area contributed by atoms with Gasteiger partial charge in [-0.3, -0.25) is 4.68 Å². The molecule has 1 unspecified atom stereocenters. The van der Waals surface area contributed by atoms with Crippen molar-refractivity contribution in [3.63, 3.8) is 0 Å². The third-order valence-corrected chi connectivity index (χ3v) is 1.68. The Balaban J connectivity index is 3.04. The zero-order valence-electron chi connectivity index (χ0n) is 7.11. The number of nitrogens with two attached hydrogens (primary N) is 1. The Labute approximate surface area is 74.0 Å². The van der Waals surface area contributed by atoms with Crippen molar-refractivity contribution < 1.29 is 13.9 Å². The predicted molar refractivity (Wildman–Crippen MR) is 42.2 cm³/mol. The molecule has 1 heterocycles. The minimum absolute atomic E-state index is 0.0919. The summed E-state index contributed by atoms with van der Waals surface area (Å²) in [4.78, 5) is 0. The summed E-state index contributed by atoms with van der Waals surface area (Å²) in [6.07, 6.45) is -2.41. The van der Waals surface area contributed by atoms with Gasteiger partial charge in [-0.15, -0.1) is 0 Å². The second-order valence-electron chi connectivity index (χ2n) is 2.70. The highest BCUT2D eigenvalue weighted by Crippen LogP contribution is 2.25. The minimum atomic E-state index is -2.68. The van der Waals surface area contributed by atoms with E-state index < -0.39 is 18.2 Å². The molecule has 0 aliphatic carbocycles. The second-order valence-corrected chi connectivity index (χ2v) is 2.70. The van der Waals surface area contributed by atoms with Gasteiger partial charge < -0.3 is 10.8 Å². The van der Waals surface area contributed by atoms with Crippen LogP contribution in [0.3, 0.4) is 0 Å². The minimum Gasteiger partial charge on any atom is -0.387 e. The average molecular weight is 191 g/mol. The quantitative estimate of drug-likeness (QED) is 0.724. The number of aryl methyl sites for hydroxylation is 1. The molecule has 0 saturated carbocycles. The molecule has 1 aromatic rings. The number of aliphatic hydroxyl groups excluding tert-OH is 1.